The van der Waals surface area contributed by atoms with Gasteiger partial charge in [-0.25, -0.2) is 4.79 Å². The fraction of sp³-hybridized carbons (Fsp3) is 0.758. The molecule has 2 saturated carbocycles. The normalized spacial score (nSPS) is 37.4. The molecule has 15 nitrogen and oxygen atoms in total. The van der Waals surface area contributed by atoms with Gasteiger partial charge in [-0.1, -0.05) is 20.8 Å². The molecule has 0 aromatic carbocycles. The number of hydrogen-bond donors (Lipinski definition) is 3. The molecule has 1 heterocycles. The standard InChI is InChI=1S/C33H46N2O13S/c1-14(36)10-20-27-31(9,23(49-35-44)11-22-32(27,13-45-22)48-19(6)39)28(41)26(46-18(5)38)24-15(2)21(12-33(20,43)30(24,7)8)47-29(42)25(40)16(3)34-17(4)37/h16,20-23,25-27,40,43H,10-13H2,1-9H3,(H,34,37)/t16?,20-,21?,22?,23?,25?,26?,27?,31+,32?,33?/m0/s1. The van der Waals surface area contributed by atoms with Crippen molar-refractivity contribution in [3.05, 3.63) is 16.1 Å². The molecule has 0 spiro atoms. The molecule has 2 bridgehead atoms. The van der Waals surface area contributed by atoms with Crippen LogP contribution in [0, 0.1) is 27.6 Å². The van der Waals surface area contributed by atoms with Gasteiger partial charge < -0.3 is 39.3 Å². The van der Waals surface area contributed by atoms with Crippen LogP contribution in [0.3, 0.4) is 0 Å². The third-order valence-corrected chi connectivity index (χ3v) is 12.3. The van der Waals surface area contributed by atoms with Gasteiger partial charge in [0.05, 0.1) is 23.7 Å². The van der Waals surface area contributed by atoms with Gasteiger partial charge in [-0.2, -0.15) is 0 Å². The van der Waals surface area contributed by atoms with Gasteiger partial charge in [0, 0.05) is 72.6 Å². The first-order valence-electron chi connectivity index (χ1n) is 16.2. The molecule has 272 valence electrons. The lowest BCUT2D eigenvalue weighted by atomic mass is 9.42. The maximum absolute atomic E-state index is 15.3. The van der Waals surface area contributed by atoms with Gasteiger partial charge in [0.25, 0.3) is 0 Å². The number of nitrogens with zero attached hydrogens (tertiary/aromatic N) is 1. The van der Waals surface area contributed by atoms with E-state index in [-0.39, 0.29) is 42.8 Å². The van der Waals surface area contributed by atoms with Crippen LogP contribution < -0.4 is 5.32 Å². The van der Waals surface area contributed by atoms with Gasteiger partial charge in [0.2, 0.25) is 5.91 Å². The number of esters is 3. The number of rotatable bonds is 10. The van der Waals surface area contributed by atoms with Crippen molar-refractivity contribution in [2.75, 3.05) is 6.61 Å². The third-order valence-electron chi connectivity index (χ3n) is 11.2. The molecule has 0 aromatic rings. The van der Waals surface area contributed by atoms with Crippen LogP contribution in [-0.2, 0) is 47.7 Å². The smallest absolute Gasteiger partial charge is 0.337 e. The van der Waals surface area contributed by atoms with Crippen LogP contribution in [0.5, 0.6) is 0 Å². The Hall–Kier alpha value is -3.21. The maximum Gasteiger partial charge on any atom is 0.337 e. The number of nitrogens with one attached hydrogen (secondary N) is 1. The predicted octanol–water partition coefficient (Wildman–Crippen LogP) is 1.88. The molecule has 11 atom stereocenters. The second-order valence-corrected chi connectivity index (χ2v) is 15.5. The minimum atomic E-state index is -2.05. The van der Waals surface area contributed by atoms with Crippen LogP contribution in [0.2, 0.25) is 0 Å². The summed E-state index contributed by atoms with van der Waals surface area (Å²) in [6.07, 6.45) is -6.29. The number of aliphatic hydroxyl groups is 2. The lowest BCUT2D eigenvalue weighted by Crippen LogP contribution is -2.79. The molecule has 0 radical (unpaired) electrons. The van der Waals surface area contributed by atoms with E-state index < -0.39 is 99.2 Å². The molecule has 1 saturated heterocycles. The fourth-order valence-corrected chi connectivity index (χ4v) is 9.87. The zero-order chi connectivity index (χ0) is 37.0. The van der Waals surface area contributed by atoms with Gasteiger partial charge in [-0.15, -0.1) is 4.91 Å². The molecule has 49 heavy (non-hydrogen) atoms. The van der Waals surface area contributed by atoms with Crippen molar-refractivity contribution in [1.29, 1.82) is 0 Å². The highest BCUT2D eigenvalue weighted by molar-refractivity contribution is 7.98. The molecular weight excluding hydrogens is 664 g/mol. The molecule has 9 unspecified atom stereocenters. The van der Waals surface area contributed by atoms with Crippen LogP contribution in [0.4, 0.5) is 0 Å². The molecular formula is C33H46N2O13S. The summed E-state index contributed by atoms with van der Waals surface area (Å²) in [6, 6.07) is -1.05. The number of ether oxygens (including phenoxy) is 4. The highest BCUT2D eigenvalue weighted by Gasteiger charge is 2.77. The third kappa shape index (κ3) is 6.22. The van der Waals surface area contributed by atoms with Crippen LogP contribution in [0.15, 0.2) is 15.7 Å². The Morgan fingerprint density at radius 2 is 1.71 bits per heavy atom. The average molecular weight is 711 g/mol. The molecule has 1 amide bonds. The average Bonchev–Trinajstić information content (AvgIpc) is 2.96. The first kappa shape index (κ1) is 38.6. The van der Waals surface area contributed by atoms with E-state index in [1.807, 2.05) is 0 Å². The van der Waals surface area contributed by atoms with E-state index in [9.17, 15) is 39.1 Å². The summed E-state index contributed by atoms with van der Waals surface area (Å²) < 4.78 is 26.6. The van der Waals surface area contributed by atoms with E-state index in [1.165, 1.54) is 27.7 Å². The van der Waals surface area contributed by atoms with E-state index in [1.54, 1.807) is 27.7 Å². The number of carbonyl (C=O) groups is 6. The Labute approximate surface area is 288 Å². The van der Waals surface area contributed by atoms with Gasteiger partial charge in [-0.05, 0) is 38.3 Å². The predicted molar refractivity (Wildman–Crippen MR) is 172 cm³/mol. The largest absolute Gasteiger partial charge is 0.456 e. The molecule has 16 heteroatoms. The summed E-state index contributed by atoms with van der Waals surface area (Å²) in [5, 5.41) is 25.5. The maximum atomic E-state index is 15.3. The Balaban J connectivity index is 2.06. The van der Waals surface area contributed by atoms with E-state index in [4.69, 9.17) is 18.9 Å². The number of hydrogen-bond acceptors (Lipinski definition) is 15. The molecule has 3 N–H and O–H groups in total. The monoisotopic (exact) mass is 710 g/mol. The first-order valence-corrected chi connectivity index (χ1v) is 17.0. The van der Waals surface area contributed by atoms with Crippen LogP contribution in [0.25, 0.3) is 0 Å². The number of fused-ring (bicyclic) bond motifs is 5. The Morgan fingerprint density at radius 1 is 1.08 bits per heavy atom. The zero-order valence-electron chi connectivity index (χ0n) is 29.2. The van der Waals surface area contributed by atoms with E-state index in [2.05, 4.69) is 9.90 Å². The zero-order valence-corrected chi connectivity index (χ0v) is 30.0. The lowest BCUT2D eigenvalue weighted by Gasteiger charge is -2.68. The second kappa shape index (κ2) is 13.5. The minimum Gasteiger partial charge on any atom is -0.456 e. The number of Topliss-reactive ketones (excluding diaryl/α,β-unsaturated/α-hetero) is 2. The summed E-state index contributed by atoms with van der Waals surface area (Å²) in [5.41, 5.74) is -6.39. The summed E-state index contributed by atoms with van der Waals surface area (Å²) in [5.74, 6) is -6.64. The van der Waals surface area contributed by atoms with E-state index >= 15 is 4.79 Å². The van der Waals surface area contributed by atoms with Gasteiger partial charge >= 0.3 is 17.9 Å². The van der Waals surface area contributed by atoms with Crippen molar-refractivity contribution >= 4 is 47.3 Å². The van der Waals surface area contributed by atoms with E-state index in [0.29, 0.717) is 11.9 Å². The Morgan fingerprint density at radius 3 is 2.20 bits per heavy atom. The van der Waals surface area contributed by atoms with Gasteiger partial charge in [0.1, 0.15) is 18.0 Å². The van der Waals surface area contributed by atoms with Crippen molar-refractivity contribution in [3.63, 3.8) is 0 Å². The fourth-order valence-electron chi connectivity index (χ4n) is 9.02. The quantitative estimate of drug-likeness (QED) is 0.0969. The van der Waals surface area contributed by atoms with Crippen LogP contribution in [0.1, 0.15) is 81.6 Å². The van der Waals surface area contributed by atoms with E-state index in [0.717, 1.165) is 6.92 Å². The highest BCUT2D eigenvalue weighted by atomic mass is 32.2. The van der Waals surface area contributed by atoms with Crippen molar-refractivity contribution in [2.24, 2.45) is 27.2 Å². The SMILES string of the molecule is CC(=O)C[C@H]1C2C3(OC(C)=O)COC3CC(SN=O)[C@@]2(C)C(=O)C(OC(C)=O)C2=C(C)C(OC(=O)C(O)C(C)NC(C)=O)CC1(O)C2(C)C. The minimum absolute atomic E-state index is 0.0342. The highest BCUT2D eigenvalue weighted by Crippen LogP contribution is 2.67. The van der Waals surface area contributed by atoms with Crippen molar-refractivity contribution in [2.45, 2.75) is 128 Å². The summed E-state index contributed by atoms with van der Waals surface area (Å²) in [4.78, 5) is 90.6. The van der Waals surface area contributed by atoms with Crippen molar-refractivity contribution in [1.82, 2.24) is 5.32 Å². The van der Waals surface area contributed by atoms with Crippen molar-refractivity contribution in [3.8, 4) is 0 Å². The number of nitroso groups, excluding NO2 is 1. The molecule has 3 fully saturated rings. The van der Waals surface area contributed by atoms with Gasteiger partial charge in [0.15, 0.2) is 23.6 Å². The topological polar surface area (TPSA) is 221 Å². The Bertz CT molecular complexity index is 1480. The van der Waals surface area contributed by atoms with Crippen LogP contribution >= 0.6 is 11.9 Å². The number of carbonyl (C=O) groups excluding carboxylic acids is 6. The van der Waals surface area contributed by atoms with Crippen LogP contribution in [-0.4, -0.2) is 99.1 Å². The molecule has 0 aromatic heterocycles. The van der Waals surface area contributed by atoms with Crippen molar-refractivity contribution < 1.29 is 57.9 Å². The number of ketones is 2. The number of aliphatic hydroxyl groups excluding tert-OH is 1. The first-order chi connectivity index (χ1) is 22.6. The summed E-state index contributed by atoms with van der Waals surface area (Å²) >= 11 is 0.580. The summed E-state index contributed by atoms with van der Waals surface area (Å²) in [7, 11) is 0. The molecule has 4 aliphatic rings. The lowest BCUT2D eigenvalue weighted by molar-refractivity contribution is -0.324. The number of amides is 1. The van der Waals surface area contributed by atoms with Gasteiger partial charge in [-0.3, -0.25) is 19.2 Å². The Kier molecular flexibility index (Phi) is 10.6. The molecule has 4 rings (SSSR count). The second-order valence-electron chi connectivity index (χ2n) is 14.6. The molecule has 3 aliphatic carbocycles. The molecule has 1 aliphatic heterocycles. The summed E-state index contributed by atoms with van der Waals surface area (Å²) in [6.45, 7) is 12.4.